The number of hydrogen-bond acceptors (Lipinski definition) is 2. The molecule has 46 valence electrons. The van der Waals surface area contributed by atoms with Crippen LogP contribution in [0.2, 0.25) is 0 Å². The van der Waals surface area contributed by atoms with E-state index in [9.17, 15) is 5.11 Å². The van der Waals surface area contributed by atoms with Gasteiger partial charge in [0.25, 0.3) is 0 Å². The molecule has 0 radical (unpaired) electrons. The van der Waals surface area contributed by atoms with Crippen LogP contribution in [-0.2, 0) is 0 Å². The first-order chi connectivity index (χ1) is 3.86. The second kappa shape index (κ2) is 1.64. The number of aliphatic hydroxyl groups is 1. The number of rotatable bonds is 0. The summed E-state index contributed by atoms with van der Waals surface area (Å²) in [5.74, 6) is 1.87. The highest BCUT2D eigenvalue weighted by atomic mass is 32.2. The molecule has 2 fully saturated rings. The predicted molar refractivity (Wildman–Crippen MR) is 35.0 cm³/mol. The Morgan fingerprint density at radius 2 is 2.25 bits per heavy atom. The van der Waals surface area contributed by atoms with Crippen LogP contribution in [0.25, 0.3) is 0 Å². The van der Waals surface area contributed by atoms with Crippen molar-refractivity contribution in [2.75, 3.05) is 5.75 Å². The van der Waals surface area contributed by atoms with Crippen molar-refractivity contribution in [1.82, 2.24) is 0 Å². The third kappa shape index (κ3) is 0.594. The maximum Gasteiger partial charge on any atom is 0.0587 e. The first-order valence-electron chi connectivity index (χ1n) is 3.16. The summed E-state index contributed by atoms with van der Waals surface area (Å²) in [6.45, 7) is 0. The lowest BCUT2D eigenvalue weighted by atomic mass is 10.1. The molecule has 1 saturated carbocycles. The molecule has 2 rings (SSSR count). The van der Waals surface area contributed by atoms with Crippen LogP contribution in [0.3, 0.4) is 0 Å². The van der Waals surface area contributed by atoms with Gasteiger partial charge in [-0.1, -0.05) is 0 Å². The molecule has 1 aliphatic heterocycles. The fourth-order valence-corrected chi connectivity index (χ4v) is 3.22. The molecular formula is C6H10OS. The van der Waals surface area contributed by atoms with Gasteiger partial charge in [0.05, 0.1) is 6.10 Å². The highest BCUT2D eigenvalue weighted by molar-refractivity contribution is 8.00. The van der Waals surface area contributed by atoms with E-state index in [4.69, 9.17) is 0 Å². The van der Waals surface area contributed by atoms with Crippen LogP contribution in [0, 0.1) is 5.92 Å². The molecule has 1 nitrogen and oxygen atoms in total. The minimum absolute atomic E-state index is 0.0567. The lowest BCUT2D eigenvalue weighted by molar-refractivity contribution is 0.142. The SMILES string of the molecule is OC1CC2CC1CS2. The van der Waals surface area contributed by atoms with E-state index < -0.39 is 0 Å². The second-order valence-electron chi connectivity index (χ2n) is 2.75. The second-order valence-corrected chi connectivity index (χ2v) is 4.09. The molecule has 1 heterocycles. The number of fused-ring (bicyclic) bond motifs is 2. The van der Waals surface area contributed by atoms with Gasteiger partial charge in [0.2, 0.25) is 0 Å². The van der Waals surface area contributed by atoms with Crippen molar-refractivity contribution in [2.45, 2.75) is 24.2 Å². The van der Waals surface area contributed by atoms with Gasteiger partial charge in [-0.2, -0.15) is 11.8 Å². The maximum atomic E-state index is 9.21. The van der Waals surface area contributed by atoms with Crippen LogP contribution >= 0.6 is 11.8 Å². The first-order valence-corrected chi connectivity index (χ1v) is 4.21. The molecule has 3 unspecified atom stereocenters. The van der Waals surface area contributed by atoms with Crippen LogP contribution in [0.4, 0.5) is 0 Å². The molecule has 1 aliphatic carbocycles. The minimum atomic E-state index is 0.0567. The van der Waals surface area contributed by atoms with Gasteiger partial charge in [-0.05, 0) is 24.5 Å². The monoisotopic (exact) mass is 130 g/mol. The van der Waals surface area contributed by atoms with Crippen molar-refractivity contribution in [3.8, 4) is 0 Å². The fourth-order valence-electron chi connectivity index (χ4n) is 1.63. The Hall–Kier alpha value is 0.310. The van der Waals surface area contributed by atoms with E-state index in [0.29, 0.717) is 5.92 Å². The summed E-state index contributed by atoms with van der Waals surface area (Å²) in [6, 6.07) is 0. The molecule has 2 bridgehead atoms. The Bertz CT molecular complexity index is 103. The van der Waals surface area contributed by atoms with Crippen molar-refractivity contribution in [3.05, 3.63) is 0 Å². The quantitative estimate of drug-likeness (QED) is 0.525. The maximum absolute atomic E-state index is 9.21. The van der Waals surface area contributed by atoms with Crippen molar-refractivity contribution >= 4 is 11.8 Å². The predicted octanol–water partition coefficient (Wildman–Crippen LogP) is 0.873. The van der Waals surface area contributed by atoms with Gasteiger partial charge in [-0.3, -0.25) is 0 Å². The molecule has 0 aromatic heterocycles. The first kappa shape index (κ1) is 5.12. The molecule has 8 heavy (non-hydrogen) atoms. The zero-order valence-corrected chi connectivity index (χ0v) is 5.53. The standard InChI is InChI=1S/C6H10OS/c7-6-2-5-1-4(6)3-8-5/h4-7H,1-3H2. The van der Waals surface area contributed by atoms with Crippen molar-refractivity contribution in [1.29, 1.82) is 0 Å². The molecule has 0 amide bonds. The zero-order chi connectivity index (χ0) is 5.56. The number of thioether (sulfide) groups is 1. The number of hydrogen-bond donors (Lipinski definition) is 1. The Balaban J connectivity index is 2.11. The van der Waals surface area contributed by atoms with Crippen LogP contribution in [0.5, 0.6) is 0 Å². The van der Waals surface area contributed by atoms with E-state index in [0.717, 1.165) is 11.7 Å². The Morgan fingerprint density at radius 3 is 2.50 bits per heavy atom. The lowest BCUT2D eigenvalue weighted by Gasteiger charge is -2.14. The van der Waals surface area contributed by atoms with Gasteiger partial charge in [-0.25, -0.2) is 0 Å². The Labute approximate surface area is 53.5 Å². The van der Waals surface area contributed by atoms with Gasteiger partial charge in [0.1, 0.15) is 0 Å². The van der Waals surface area contributed by atoms with Crippen LogP contribution < -0.4 is 0 Å². The average Bonchev–Trinajstić information content (AvgIpc) is 2.23. The van der Waals surface area contributed by atoms with Gasteiger partial charge < -0.3 is 5.11 Å². The van der Waals surface area contributed by atoms with E-state index in [2.05, 4.69) is 0 Å². The molecule has 1 saturated heterocycles. The largest absolute Gasteiger partial charge is 0.393 e. The molecule has 0 aromatic rings. The molecule has 3 atom stereocenters. The molecule has 0 aromatic carbocycles. The van der Waals surface area contributed by atoms with Gasteiger partial charge >= 0.3 is 0 Å². The topological polar surface area (TPSA) is 20.2 Å². The van der Waals surface area contributed by atoms with Gasteiger partial charge in [0, 0.05) is 5.25 Å². The smallest absolute Gasteiger partial charge is 0.0587 e. The average molecular weight is 130 g/mol. The summed E-state index contributed by atoms with van der Waals surface area (Å²) >= 11 is 2.04. The summed E-state index contributed by atoms with van der Waals surface area (Å²) in [5, 5.41) is 10.0. The van der Waals surface area contributed by atoms with Gasteiger partial charge in [0.15, 0.2) is 0 Å². The summed E-state index contributed by atoms with van der Waals surface area (Å²) in [4.78, 5) is 0. The van der Waals surface area contributed by atoms with Gasteiger partial charge in [-0.15, -0.1) is 0 Å². The molecule has 1 N–H and O–H groups in total. The highest BCUT2D eigenvalue weighted by Crippen LogP contribution is 2.43. The van der Waals surface area contributed by atoms with E-state index >= 15 is 0 Å². The number of aliphatic hydroxyl groups excluding tert-OH is 1. The fraction of sp³-hybridized carbons (Fsp3) is 1.00. The Kier molecular flexibility index (Phi) is 1.05. The van der Waals surface area contributed by atoms with Crippen LogP contribution in [0.1, 0.15) is 12.8 Å². The summed E-state index contributed by atoms with van der Waals surface area (Å²) < 4.78 is 0. The van der Waals surface area contributed by atoms with Crippen molar-refractivity contribution in [3.63, 3.8) is 0 Å². The van der Waals surface area contributed by atoms with Crippen molar-refractivity contribution in [2.24, 2.45) is 5.92 Å². The van der Waals surface area contributed by atoms with E-state index in [1.807, 2.05) is 11.8 Å². The van der Waals surface area contributed by atoms with Crippen molar-refractivity contribution < 1.29 is 5.11 Å². The van der Waals surface area contributed by atoms with E-state index in [1.54, 1.807) is 0 Å². The van der Waals surface area contributed by atoms with Crippen LogP contribution in [0.15, 0.2) is 0 Å². The summed E-state index contributed by atoms with van der Waals surface area (Å²) in [5.41, 5.74) is 0. The van der Waals surface area contributed by atoms with Crippen LogP contribution in [-0.4, -0.2) is 22.2 Å². The molecular weight excluding hydrogens is 120 g/mol. The third-order valence-electron chi connectivity index (χ3n) is 2.16. The highest BCUT2D eigenvalue weighted by Gasteiger charge is 2.38. The van der Waals surface area contributed by atoms with E-state index in [1.165, 1.54) is 12.2 Å². The lowest BCUT2D eigenvalue weighted by Crippen LogP contribution is -2.16. The molecule has 2 heteroatoms. The molecule has 0 spiro atoms. The minimum Gasteiger partial charge on any atom is -0.393 e. The normalized spacial score (nSPS) is 52.9. The summed E-state index contributed by atoms with van der Waals surface area (Å²) in [6.07, 6.45) is 2.41. The summed E-state index contributed by atoms with van der Waals surface area (Å²) in [7, 11) is 0. The Morgan fingerprint density at radius 1 is 1.38 bits per heavy atom. The third-order valence-corrected chi connectivity index (χ3v) is 3.64. The molecule has 2 aliphatic rings. The zero-order valence-electron chi connectivity index (χ0n) is 4.71. The van der Waals surface area contributed by atoms with E-state index in [-0.39, 0.29) is 6.10 Å².